The summed E-state index contributed by atoms with van der Waals surface area (Å²) < 4.78 is 11.2. The van der Waals surface area contributed by atoms with Crippen molar-refractivity contribution < 1.29 is 9.00 Å². The molecule has 0 amide bonds. The summed E-state index contributed by atoms with van der Waals surface area (Å²) in [7, 11) is -1.08. The molecule has 1 aliphatic heterocycles. The summed E-state index contributed by atoms with van der Waals surface area (Å²) in [6, 6.07) is 7.06. The van der Waals surface area contributed by atoms with Crippen LogP contribution in [0.5, 0.6) is 0 Å². The van der Waals surface area contributed by atoms with Gasteiger partial charge in [0.25, 0.3) is 0 Å². The van der Waals surface area contributed by atoms with Gasteiger partial charge in [-0.1, -0.05) is 18.2 Å². The molecule has 0 unspecified atom stereocenters. The topological polar surface area (TPSA) is 34.1 Å². The van der Waals surface area contributed by atoms with Crippen LogP contribution in [0.4, 0.5) is 0 Å². The van der Waals surface area contributed by atoms with Gasteiger partial charge in [0.05, 0.1) is 21.4 Å². The molecular formula is C8H6O2S. The average molecular weight is 166 g/mol. The second kappa shape index (κ2) is 2.27. The normalized spacial score (nSPS) is 21.8. The molecule has 0 N–H and O–H groups in total. The zero-order valence-corrected chi connectivity index (χ0v) is 6.56. The molecule has 2 nitrogen and oxygen atoms in total. The van der Waals surface area contributed by atoms with Gasteiger partial charge in [-0.2, -0.15) is 0 Å². The molecule has 0 aromatic heterocycles. The summed E-state index contributed by atoms with van der Waals surface area (Å²) in [5.74, 6) is 0.165. The Balaban J connectivity index is 2.69. The molecular weight excluding hydrogens is 160 g/mol. The van der Waals surface area contributed by atoms with E-state index in [9.17, 15) is 9.00 Å². The monoisotopic (exact) mass is 166 g/mol. The number of carbonyl (C=O) groups is 1. The van der Waals surface area contributed by atoms with Crippen LogP contribution in [0.2, 0.25) is 0 Å². The summed E-state index contributed by atoms with van der Waals surface area (Å²) >= 11 is 0. The van der Waals surface area contributed by atoms with Gasteiger partial charge in [0.2, 0.25) is 0 Å². The summed E-state index contributed by atoms with van der Waals surface area (Å²) in [5, 5.41) is 0. The van der Waals surface area contributed by atoms with E-state index in [1.54, 1.807) is 24.3 Å². The fraction of sp³-hybridized carbons (Fsp3) is 0.125. The van der Waals surface area contributed by atoms with Crippen LogP contribution in [0.1, 0.15) is 10.4 Å². The number of Topliss-reactive ketones (excluding diaryl/α,β-unsaturated/α-hetero) is 1. The van der Waals surface area contributed by atoms with E-state index in [-0.39, 0.29) is 11.5 Å². The highest BCUT2D eigenvalue weighted by atomic mass is 32.2. The first-order valence-electron chi connectivity index (χ1n) is 3.29. The lowest BCUT2D eigenvalue weighted by atomic mass is 10.2. The van der Waals surface area contributed by atoms with Crippen molar-refractivity contribution >= 4 is 16.6 Å². The van der Waals surface area contributed by atoms with E-state index >= 15 is 0 Å². The minimum atomic E-state index is -1.08. The number of benzene rings is 1. The fourth-order valence-corrected chi connectivity index (χ4v) is 2.38. The Hall–Kier alpha value is -0.960. The summed E-state index contributed by atoms with van der Waals surface area (Å²) in [6.07, 6.45) is 0. The number of hydrogen-bond acceptors (Lipinski definition) is 2. The Morgan fingerprint density at radius 2 is 2.00 bits per heavy atom. The summed E-state index contributed by atoms with van der Waals surface area (Å²) in [4.78, 5) is 11.8. The second-order valence-electron chi connectivity index (χ2n) is 2.41. The Morgan fingerprint density at radius 1 is 1.27 bits per heavy atom. The van der Waals surface area contributed by atoms with Crippen molar-refractivity contribution in [3.63, 3.8) is 0 Å². The van der Waals surface area contributed by atoms with Crippen LogP contribution in [0.25, 0.3) is 0 Å². The van der Waals surface area contributed by atoms with E-state index in [1.165, 1.54) is 0 Å². The van der Waals surface area contributed by atoms with E-state index < -0.39 is 10.8 Å². The molecule has 0 fully saturated rings. The maximum atomic E-state index is 11.2. The van der Waals surface area contributed by atoms with Crippen LogP contribution in [-0.2, 0) is 10.8 Å². The molecule has 3 heteroatoms. The Bertz CT molecular complexity index is 311. The summed E-state index contributed by atoms with van der Waals surface area (Å²) in [5.41, 5.74) is 0.630. The number of carbonyl (C=O) groups excluding carboxylic acids is 1. The van der Waals surface area contributed by atoms with Crippen LogP contribution in [0, 0.1) is 0 Å². The first-order chi connectivity index (χ1) is 5.29. The van der Waals surface area contributed by atoms with Crippen molar-refractivity contribution in [3.05, 3.63) is 29.8 Å². The Morgan fingerprint density at radius 3 is 2.73 bits per heavy atom. The fourth-order valence-electron chi connectivity index (χ4n) is 1.17. The minimum absolute atomic E-state index is 0.000988. The van der Waals surface area contributed by atoms with Gasteiger partial charge in [-0.25, -0.2) is 0 Å². The number of ketones is 1. The Labute approximate surface area is 66.7 Å². The number of rotatable bonds is 0. The molecule has 1 aliphatic rings. The molecule has 1 heterocycles. The minimum Gasteiger partial charge on any atom is -0.293 e. The largest absolute Gasteiger partial charge is 0.293 e. The quantitative estimate of drug-likeness (QED) is 0.576. The van der Waals surface area contributed by atoms with Gasteiger partial charge in [0.1, 0.15) is 0 Å². The maximum Gasteiger partial charge on any atom is 0.176 e. The molecule has 0 aliphatic carbocycles. The molecule has 1 aromatic carbocycles. The molecule has 11 heavy (non-hydrogen) atoms. The lowest BCUT2D eigenvalue weighted by Gasteiger charge is -1.91. The van der Waals surface area contributed by atoms with Gasteiger partial charge < -0.3 is 0 Å². The third kappa shape index (κ3) is 0.922. The molecule has 0 bridgehead atoms. The third-order valence-corrected chi connectivity index (χ3v) is 3.07. The first kappa shape index (κ1) is 6.73. The highest BCUT2D eigenvalue weighted by Gasteiger charge is 2.24. The van der Waals surface area contributed by atoms with Gasteiger partial charge >= 0.3 is 0 Å². The van der Waals surface area contributed by atoms with Crippen LogP contribution in [0.3, 0.4) is 0 Å². The maximum absolute atomic E-state index is 11.2. The molecule has 1 atom stereocenters. The number of hydrogen-bond donors (Lipinski definition) is 0. The van der Waals surface area contributed by atoms with Crippen molar-refractivity contribution in [3.8, 4) is 0 Å². The highest BCUT2D eigenvalue weighted by molar-refractivity contribution is 7.86. The van der Waals surface area contributed by atoms with Crippen LogP contribution in [0.15, 0.2) is 29.2 Å². The van der Waals surface area contributed by atoms with Gasteiger partial charge in [-0.05, 0) is 6.07 Å². The van der Waals surface area contributed by atoms with E-state index in [0.29, 0.717) is 10.5 Å². The molecule has 2 rings (SSSR count). The molecule has 0 saturated carbocycles. The van der Waals surface area contributed by atoms with Crippen LogP contribution < -0.4 is 0 Å². The average Bonchev–Trinajstić information content (AvgIpc) is 2.30. The highest BCUT2D eigenvalue weighted by Crippen LogP contribution is 2.21. The SMILES string of the molecule is O=C1C[S@@](=O)c2ccccc21. The molecule has 0 spiro atoms. The molecule has 56 valence electrons. The van der Waals surface area contributed by atoms with Gasteiger partial charge in [0, 0.05) is 5.56 Å². The van der Waals surface area contributed by atoms with Crippen molar-refractivity contribution in [1.82, 2.24) is 0 Å². The van der Waals surface area contributed by atoms with Crippen molar-refractivity contribution in [2.75, 3.05) is 5.75 Å². The van der Waals surface area contributed by atoms with Crippen LogP contribution in [-0.4, -0.2) is 15.7 Å². The van der Waals surface area contributed by atoms with Crippen molar-refractivity contribution in [2.45, 2.75) is 4.90 Å². The predicted octanol–water partition coefficient (Wildman–Crippen LogP) is 0.990. The van der Waals surface area contributed by atoms with Crippen molar-refractivity contribution in [2.24, 2.45) is 0 Å². The molecule has 0 saturated heterocycles. The van der Waals surface area contributed by atoms with E-state index in [0.717, 1.165) is 0 Å². The zero-order chi connectivity index (χ0) is 7.84. The van der Waals surface area contributed by atoms with Crippen molar-refractivity contribution in [1.29, 1.82) is 0 Å². The van der Waals surface area contributed by atoms with Gasteiger partial charge in [-0.15, -0.1) is 0 Å². The first-order valence-corrected chi connectivity index (χ1v) is 4.61. The van der Waals surface area contributed by atoms with E-state index in [4.69, 9.17) is 0 Å². The second-order valence-corrected chi connectivity index (χ2v) is 3.83. The van der Waals surface area contributed by atoms with E-state index in [2.05, 4.69) is 0 Å². The molecule has 0 radical (unpaired) electrons. The van der Waals surface area contributed by atoms with Gasteiger partial charge in [0.15, 0.2) is 5.78 Å². The van der Waals surface area contributed by atoms with E-state index in [1.807, 2.05) is 0 Å². The predicted molar refractivity (Wildman–Crippen MR) is 42.0 cm³/mol. The van der Waals surface area contributed by atoms with Crippen LogP contribution >= 0.6 is 0 Å². The zero-order valence-electron chi connectivity index (χ0n) is 5.74. The molecule has 1 aromatic rings. The number of fused-ring (bicyclic) bond motifs is 1. The Kier molecular flexibility index (Phi) is 1.39. The third-order valence-electron chi connectivity index (χ3n) is 1.69. The standard InChI is InChI=1S/C8H6O2S/c9-7-5-11(10)8-4-2-1-3-6(7)8/h1-4H,5H2/t11-/m1/s1. The summed E-state index contributed by atoms with van der Waals surface area (Å²) in [6.45, 7) is 0. The lowest BCUT2D eigenvalue weighted by molar-refractivity contribution is 0.102. The lowest BCUT2D eigenvalue weighted by Crippen LogP contribution is -1.96. The van der Waals surface area contributed by atoms with Gasteiger partial charge in [-0.3, -0.25) is 9.00 Å². The smallest absolute Gasteiger partial charge is 0.176 e.